The quantitative estimate of drug-likeness (QED) is 0.224. The summed E-state index contributed by atoms with van der Waals surface area (Å²) in [4.78, 5) is 31.3. The maximum atomic E-state index is 10.8. The number of aromatic nitrogens is 3. The van der Waals surface area contributed by atoms with E-state index < -0.39 is 7.60 Å². The predicted molar refractivity (Wildman–Crippen MR) is 130 cm³/mol. The zero-order valence-corrected chi connectivity index (χ0v) is 19.7. The fourth-order valence-electron chi connectivity index (χ4n) is 3.55. The van der Waals surface area contributed by atoms with Crippen LogP contribution in [0.4, 0.5) is 0 Å². The van der Waals surface area contributed by atoms with Gasteiger partial charge in [-0.15, -0.1) is 0 Å². The van der Waals surface area contributed by atoms with E-state index in [1.54, 1.807) is 12.4 Å². The van der Waals surface area contributed by atoms with Gasteiger partial charge in [-0.2, -0.15) is 0 Å². The first kappa shape index (κ1) is 25.0. The number of hydrogen-bond donors (Lipinski definition) is 2. The van der Waals surface area contributed by atoms with Crippen LogP contribution >= 0.6 is 7.60 Å². The van der Waals surface area contributed by atoms with Gasteiger partial charge in [0.25, 0.3) is 0 Å². The Kier molecular flexibility index (Phi) is 10.0. The van der Waals surface area contributed by atoms with Crippen LogP contribution in [0, 0.1) is 0 Å². The minimum absolute atomic E-state index is 0.00342. The molecule has 0 fully saturated rings. The Hall–Kier alpha value is -2.60. The van der Waals surface area contributed by atoms with Crippen molar-refractivity contribution in [2.75, 3.05) is 12.8 Å². The molecule has 0 amide bonds. The monoisotopic (exact) mass is 469 g/mol. The number of hydrogen-bond acceptors (Lipinski definition) is 5. The summed E-state index contributed by atoms with van der Waals surface area (Å²) in [5.74, 6) is 0.761. The molecule has 3 aromatic rings. The van der Waals surface area contributed by atoms with Gasteiger partial charge in [0.1, 0.15) is 5.75 Å². The van der Waals surface area contributed by atoms with E-state index in [0.717, 1.165) is 73.5 Å². The first-order chi connectivity index (χ1) is 16.0. The third-order valence-corrected chi connectivity index (χ3v) is 6.16. The molecular formula is C25H32N3O4P. The molecule has 7 nitrogen and oxygen atoms in total. The van der Waals surface area contributed by atoms with Gasteiger partial charge in [-0.25, -0.2) is 4.98 Å². The normalized spacial score (nSPS) is 11.5. The standard InChI is InChI=1S/C25H32N3O4P/c29-33(30,31)18-12-6-4-2-1-3-5-11-17-32-21-19-24(22-13-7-9-15-26-22)28-25(20-21)23-14-8-10-16-27-23/h7-10,13-16,19-20H,1-6,11-12,17-18H2,(H2,29,30,31). The van der Waals surface area contributed by atoms with Crippen molar-refractivity contribution in [3.05, 3.63) is 60.9 Å². The summed E-state index contributed by atoms with van der Waals surface area (Å²) in [5, 5.41) is 0. The van der Waals surface area contributed by atoms with Crippen LogP contribution in [0.25, 0.3) is 22.8 Å². The third-order valence-electron chi connectivity index (χ3n) is 5.27. The Morgan fingerprint density at radius 2 is 1.21 bits per heavy atom. The van der Waals surface area contributed by atoms with Crippen molar-refractivity contribution in [2.24, 2.45) is 0 Å². The van der Waals surface area contributed by atoms with Crippen LogP contribution in [-0.4, -0.2) is 37.5 Å². The van der Waals surface area contributed by atoms with E-state index in [1.807, 2.05) is 48.5 Å². The van der Waals surface area contributed by atoms with Gasteiger partial charge in [-0.3, -0.25) is 14.5 Å². The molecule has 0 saturated carbocycles. The van der Waals surface area contributed by atoms with Crippen molar-refractivity contribution in [3.63, 3.8) is 0 Å². The van der Waals surface area contributed by atoms with Crippen LogP contribution in [0.3, 0.4) is 0 Å². The SMILES string of the molecule is O=P(O)(O)CCCCCCCCCCOc1cc(-c2ccccn2)nc(-c2ccccn2)c1. The molecule has 33 heavy (non-hydrogen) atoms. The summed E-state index contributed by atoms with van der Waals surface area (Å²) in [7, 11) is -3.83. The third kappa shape index (κ3) is 9.42. The second kappa shape index (κ2) is 13.2. The lowest BCUT2D eigenvalue weighted by Gasteiger charge is -2.10. The van der Waals surface area contributed by atoms with E-state index in [9.17, 15) is 4.57 Å². The van der Waals surface area contributed by atoms with Crippen LogP contribution in [0.2, 0.25) is 0 Å². The summed E-state index contributed by atoms with van der Waals surface area (Å²) in [6.45, 7) is 0.635. The van der Waals surface area contributed by atoms with Crippen LogP contribution in [0.1, 0.15) is 51.4 Å². The van der Waals surface area contributed by atoms with Crippen LogP contribution in [0.15, 0.2) is 60.9 Å². The first-order valence-electron chi connectivity index (χ1n) is 11.5. The highest BCUT2D eigenvalue weighted by atomic mass is 31.2. The summed E-state index contributed by atoms with van der Waals surface area (Å²) < 4.78 is 16.9. The van der Waals surface area contributed by atoms with Gasteiger partial charge in [-0.1, -0.05) is 50.7 Å². The van der Waals surface area contributed by atoms with Crippen LogP contribution < -0.4 is 4.74 Å². The lowest BCUT2D eigenvalue weighted by atomic mass is 10.1. The van der Waals surface area contributed by atoms with Crippen LogP contribution in [0.5, 0.6) is 5.75 Å². The van der Waals surface area contributed by atoms with Crippen molar-refractivity contribution in [2.45, 2.75) is 51.4 Å². The van der Waals surface area contributed by atoms with E-state index in [-0.39, 0.29) is 6.16 Å². The first-order valence-corrected chi connectivity index (χ1v) is 13.3. The van der Waals surface area contributed by atoms with Crippen molar-refractivity contribution < 1.29 is 19.1 Å². The van der Waals surface area contributed by atoms with Gasteiger partial charge in [0.15, 0.2) is 0 Å². The predicted octanol–water partition coefficient (Wildman–Crippen LogP) is 5.88. The molecule has 0 aliphatic carbocycles. The maximum absolute atomic E-state index is 10.8. The Balaban J connectivity index is 1.44. The second-order valence-corrected chi connectivity index (χ2v) is 9.85. The molecule has 2 N–H and O–H groups in total. The number of nitrogens with zero attached hydrogens (tertiary/aromatic N) is 3. The van der Waals surface area contributed by atoms with Gasteiger partial charge in [-0.05, 0) is 37.1 Å². The number of pyridine rings is 3. The molecule has 0 unspecified atom stereocenters. The van der Waals surface area contributed by atoms with Crippen LogP contribution in [-0.2, 0) is 4.57 Å². The lowest BCUT2D eigenvalue weighted by molar-refractivity contribution is 0.304. The second-order valence-electron chi connectivity index (χ2n) is 8.07. The minimum atomic E-state index is -3.83. The van der Waals surface area contributed by atoms with E-state index in [4.69, 9.17) is 19.5 Å². The van der Waals surface area contributed by atoms with Gasteiger partial charge in [0, 0.05) is 30.7 Å². The van der Waals surface area contributed by atoms with Crippen molar-refractivity contribution in [1.82, 2.24) is 15.0 Å². The molecule has 0 aliphatic heterocycles. The number of rotatable bonds is 14. The molecule has 0 radical (unpaired) electrons. The van der Waals surface area contributed by atoms with Gasteiger partial charge < -0.3 is 14.5 Å². The molecule has 0 bridgehead atoms. The summed E-state index contributed by atoms with van der Waals surface area (Å²) in [6, 6.07) is 15.4. The molecule has 176 valence electrons. The smallest absolute Gasteiger partial charge is 0.325 e. The van der Waals surface area contributed by atoms with Gasteiger partial charge in [0.2, 0.25) is 0 Å². The molecule has 0 aromatic carbocycles. The largest absolute Gasteiger partial charge is 0.493 e. The van der Waals surface area contributed by atoms with Crippen molar-refractivity contribution in [3.8, 4) is 28.5 Å². The lowest BCUT2D eigenvalue weighted by Crippen LogP contribution is -2.00. The topological polar surface area (TPSA) is 105 Å². The van der Waals surface area contributed by atoms with E-state index >= 15 is 0 Å². The maximum Gasteiger partial charge on any atom is 0.325 e. The molecular weight excluding hydrogens is 437 g/mol. The molecule has 3 heterocycles. The highest BCUT2D eigenvalue weighted by molar-refractivity contribution is 7.51. The molecule has 3 rings (SSSR count). The van der Waals surface area contributed by atoms with E-state index in [0.29, 0.717) is 13.0 Å². The molecule has 8 heteroatoms. The molecule has 0 saturated heterocycles. The highest BCUT2D eigenvalue weighted by Crippen LogP contribution is 2.35. The summed E-state index contributed by atoms with van der Waals surface area (Å²) >= 11 is 0. The van der Waals surface area contributed by atoms with E-state index in [2.05, 4.69) is 9.97 Å². The Bertz CT molecular complexity index is 955. The number of ether oxygens (including phenoxy) is 1. The summed E-state index contributed by atoms with van der Waals surface area (Å²) in [6.07, 6.45) is 11.5. The number of unbranched alkanes of at least 4 members (excludes halogenated alkanes) is 7. The zero-order chi connectivity index (χ0) is 23.4. The minimum Gasteiger partial charge on any atom is -0.493 e. The van der Waals surface area contributed by atoms with E-state index in [1.165, 1.54) is 0 Å². The Morgan fingerprint density at radius 3 is 1.70 bits per heavy atom. The Morgan fingerprint density at radius 1 is 0.697 bits per heavy atom. The van der Waals surface area contributed by atoms with Gasteiger partial charge >= 0.3 is 7.60 Å². The van der Waals surface area contributed by atoms with Crippen molar-refractivity contribution in [1.29, 1.82) is 0 Å². The fraction of sp³-hybridized carbons (Fsp3) is 0.400. The fourth-order valence-corrected chi connectivity index (χ4v) is 4.19. The average Bonchev–Trinajstić information content (AvgIpc) is 2.83. The zero-order valence-electron chi connectivity index (χ0n) is 18.8. The Labute approximate surface area is 195 Å². The molecule has 0 aliphatic rings. The van der Waals surface area contributed by atoms with Crippen molar-refractivity contribution >= 4 is 7.60 Å². The van der Waals surface area contributed by atoms with Gasteiger partial charge in [0.05, 0.1) is 29.4 Å². The molecule has 3 aromatic heterocycles. The highest BCUT2D eigenvalue weighted by Gasteiger charge is 2.11. The average molecular weight is 470 g/mol. The summed E-state index contributed by atoms with van der Waals surface area (Å²) in [5.41, 5.74) is 3.10. The molecule has 0 atom stereocenters. The molecule has 0 spiro atoms.